The lowest BCUT2D eigenvalue weighted by atomic mass is 10.1. The Morgan fingerprint density at radius 2 is 2.07 bits per heavy atom. The second-order valence-corrected chi connectivity index (χ2v) is 6.84. The van der Waals surface area contributed by atoms with Crippen LogP contribution < -0.4 is 10.2 Å². The molecule has 1 saturated heterocycles. The lowest BCUT2D eigenvalue weighted by Gasteiger charge is -2.36. The minimum Gasteiger partial charge on any atom is -0.465 e. The Kier molecular flexibility index (Phi) is 6.11. The zero-order valence-corrected chi connectivity index (χ0v) is 15.8. The van der Waals surface area contributed by atoms with Crippen molar-refractivity contribution in [3.8, 4) is 0 Å². The van der Waals surface area contributed by atoms with E-state index in [0.717, 1.165) is 0 Å². The maximum absolute atomic E-state index is 12.1. The van der Waals surface area contributed by atoms with Crippen molar-refractivity contribution in [2.24, 2.45) is 0 Å². The third-order valence-corrected chi connectivity index (χ3v) is 4.89. The van der Waals surface area contributed by atoms with Crippen molar-refractivity contribution in [3.05, 3.63) is 39.4 Å². The van der Waals surface area contributed by atoms with Gasteiger partial charge in [-0.15, -0.1) is 10.2 Å². The molecule has 0 unspecified atom stereocenters. The van der Waals surface area contributed by atoms with Gasteiger partial charge >= 0.3 is 5.97 Å². The van der Waals surface area contributed by atoms with E-state index in [4.69, 9.17) is 4.74 Å². The second kappa shape index (κ2) is 8.71. The molecular formula is C16H18N6O5S. The Hall–Kier alpha value is -3.12. The predicted octanol–water partition coefficient (Wildman–Crippen LogP) is 0.994. The number of anilines is 2. The normalized spacial score (nSPS) is 14.5. The standard InChI is InChI=1S/C16H18N6O5S/c1-27-15(24)12-8-11(22(25)26)2-3-13(12)21-6-4-20(5-7-21)9-14(23)18-16-19-17-10-28-16/h2-3,8,10H,4-7,9H2,1H3,(H,18,19,23). The average molecular weight is 406 g/mol. The van der Waals surface area contributed by atoms with Gasteiger partial charge in [-0.1, -0.05) is 11.3 Å². The van der Waals surface area contributed by atoms with Crippen LogP contribution in [0.1, 0.15) is 10.4 Å². The van der Waals surface area contributed by atoms with E-state index in [1.165, 1.54) is 36.1 Å². The summed E-state index contributed by atoms with van der Waals surface area (Å²) >= 11 is 1.25. The molecule has 1 aromatic heterocycles. The van der Waals surface area contributed by atoms with Gasteiger partial charge in [-0.3, -0.25) is 25.1 Å². The molecular weight excluding hydrogens is 388 g/mol. The predicted molar refractivity (Wildman–Crippen MR) is 102 cm³/mol. The van der Waals surface area contributed by atoms with Gasteiger partial charge in [-0.25, -0.2) is 4.79 Å². The number of piperazine rings is 1. The van der Waals surface area contributed by atoms with Crippen LogP contribution in [0.2, 0.25) is 0 Å². The molecule has 0 bridgehead atoms. The molecule has 1 amide bonds. The molecule has 0 saturated carbocycles. The molecule has 0 atom stereocenters. The van der Waals surface area contributed by atoms with Crippen LogP contribution in [0.4, 0.5) is 16.5 Å². The first kappa shape index (κ1) is 19.6. The van der Waals surface area contributed by atoms with Crippen LogP contribution in [0.25, 0.3) is 0 Å². The third kappa shape index (κ3) is 4.58. The molecule has 1 aromatic carbocycles. The molecule has 0 radical (unpaired) electrons. The summed E-state index contributed by atoms with van der Waals surface area (Å²) in [6.45, 7) is 2.54. The highest BCUT2D eigenvalue weighted by Crippen LogP contribution is 2.27. The van der Waals surface area contributed by atoms with E-state index in [0.29, 0.717) is 37.0 Å². The Morgan fingerprint density at radius 3 is 2.68 bits per heavy atom. The fraction of sp³-hybridized carbons (Fsp3) is 0.375. The summed E-state index contributed by atoms with van der Waals surface area (Å²) in [5.41, 5.74) is 2.10. The van der Waals surface area contributed by atoms with Gasteiger partial charge in [0, 0.05) is 38.3 Å². The van der Waals surface area contributed by atoms with E-state index in [2.05, 4.69) is 15.5 Å². The molecule has 12 heteroatoms. The number of nitro groups is 1. The number of benzene rings is 1. The van der Waals surface area contributed by atoms with Gasteiger partial charge in [-0.2, -0.15) is 0 Å². The number of ether oxygens (including phenoxy) is 1. The summed E-state index contributed by atoms with van der Waals surface area (Å²) in [6.07, 6.45) is 0. The molecule has 0 aliphatic carbocycles. The first-order chi connectivity index (χ1) is 13.5. The van der Waals surface area contributed by atoms with Crippen LogP contribution in [0, 0.1) is 10.1 Å². The van der Waals surface area contributed by atoms with Gasteiger partial charge < -0.3 is 9.64 Å². The highest BCUT2D eigenvalue weighted by atomic mass is 32.1. The topological polar surface area (TPSA) is 131 Å². The number of aromatic nitrogens is 2. The third-order valence-electron chi connectivity index (χ3n) is 4.28. The van der Waals surface area contributed by atoms with Gasteiger partial charge in [-0.05, 0) is 6.07 Å². The van der Waals surface area contributed by atoms with Crippen molar-refractivity contribution in [2.45, 2.75) is 0 Å². The van der Waals surface area contributed by atoms with Crippen LogP contribution in [0.3, 0.4) is 0 Å². The van der Waals surface area contributed by atoms with Crippen LogP contribution in [0.5, 0.6) is 0 Å². The zero-order valence-electron chi connectivity index (χ0n) is 15.0. The summed E-state index contributed by atoms with van der Waals surface area (Å²) in [5.74, 6) is -0.798. The molecule has 1 aliphatic rings. The van der Waals surface area contributed by atoms with Crippen molar-refractivity contribution < 1.29 is 19.2 Å². The number of nitro benzene ring substituents is 1. The second-order valence-electron chi connectivity index (χ2n) is 6.01. The number of hydrogen-bond donors (Lipinski definition) is 1. The van der Waals surface area contributed by atoms with Gasteiger partial charge in [0.15, 0.2) is 0 Å². The molecule has 2 aromatic rings. The highest BCUT2D eigenvalue weighted by molar-refractivity contribution is 7.13. The van der Waals surface area contributed by atoms with Gasteiger partial charge in [0.05, 0.1) is 29.8 Å². The van der Waals surface area contributed by atoms with E-state index < -0.39 is 10.9 Å². The fourth-order valence-corrected chi connectivity index (χ4v) is 3.38. The maximum atomic E-state index is 12.1. The minimum absolute atomic E-state index is 0.152. The number of nitrogens with one attached hydrogen (secondary N) is 1. The van der Waals surface area contributed by atoms with E-state index in [1.807, 2.05) is 9.80 Å². The number of methoxy groups -OCH3 is 1. The Bertz CT molecular complexity index is 866. The summed E-state index contributed by atoms with van der Waals surface area (Å²) < 4.78 is 4.76. The van der Waals surface area contributed by atoms with E-state index >= 15 is 0 Å². The van der Waals surface area contributed by atoms with Crippen LogP contribution in [0.15, 0.2) is 23.7 Å². The Morgan fingerprint density at radius 1 is 1.32 bits per heavy atom. The Balaban J connectivity index is 1.63. The summed E-state index contributed by atoms with van der Waals surface area (Å²) in [7, 11) is 1.24. The lowest BCUT2D eigenvalue weighted by Crippen LogP contribution is -2.49. The number of nitrogens with zero attached hydrogens (tertiary/aromatic N) is 5. The summed E-state index contributed by atoms with van der Waals surface area (Å²) in [4.78, 5) is 38.5. The SMILES string of the molecule is COC(=O)c1cc([N+](=O)[O-])ccc1N1CCN(CC(=O)Nc2nncs2)CC1. The molecule has 1 aliphatic heterocycles. The maximum Gasteiger partial charge on any atom is 0.340 e. The van der Waals surface area contributed by atoms with E-state index in [1.54, 1.807) is 6.07 Å². The number of rotatable bonds is 6. The largest absolute Gasteiger partial charge is 0.465 e. The van der Waals surface area contributed by atoms with Crippen molar-refractivity contribution in [1.82, 2.24) is 15.1 Å². The highest BCUT2D eigenvalue weighted by Gasteiger charge is 2.25. The summed E-state index contributed by atoms with van der Waals surface area (Å²) in [5, 5.41) is 21.6. The van der Waals surface area contributed by atoms with Crippen LogP contribution >= 0.6 is 11.3 Å². The number of hydrogen-bond acceptors (Lipinski definition) is 10. The fourth-order valence-electron chi connectivity index (χ4n) is 2.92. The monoisotopic (exact) mass is 406 g/mol. The molecule has 1 N–H and O–H groups in total. The molecule has 0 spiro atoms. The summed E-state index contributed by atoms with van der Waals surface area (Å²) in [6, 6.07) is 4.15. The van der Waals surface area contributed by atoms with Crippen molar-refractivity contribution in [2.75, 3.05) is 50.1 Å². The van der Waals surface area contributed by atoms with Crippen molar-refractivity contribution in [3.63, 3.8) is 0 Å². The van der Waals surface area contributed by atoms with Crippen LogP contribution in [-0.4, -0.2) is 71.7 Å². The number of esters is 1. The minimum atomic E-state index is -0.627. The van der Waals surface area contributed by atoms with E-state index in [9.17, 15) is 19.7 Å². The number of non-ortho nitro benzene ring substituents is 1. The van der Waals surface area contributed by atoms with Crippen molar-refractivity contribution >= 4 is 39.7 Å². The molecule has 11 nitrogen and oxygen atoms in total. The molecule has 28 heavy (non-hydrogen) atoms. The van der Waals surface area contributed by atoms with E-state index in [-0.39, 0.29) is 23.7 Å². The van der Waals surface area contributed by atoms with Gasteiger partial charge in [0.25, 0.3) is 5.69 Å². The van der Waals surface area contributed by atoms with Crippen molar-refractivity contribution in [1.29, 1.82) is 0 Å². The quantitative estimate of drug-likeness (QED) is 0.424. The average Bonchev–Trinajstić information content (AvgIpc) is 3.20. The number of carbonyl (C=O) groups is 2. The molecule has 148 valence electrons. The Labute approximate surface area is 164 Å². The zero-order chi connectivity index (χ0) is 20.1. The van der Waals surface area contributed by atoms with Gasteiger partial charge in [0.2, 0.25) is 11.0 Å². The number of amides is 1. The van der Waals surface area contributed by atoms with Gasteiger partial charge in [0.1, 0.15) is 5.51 Å². The molecule has 2 heterocycles. The molecule has 3 rings (SSSR count). The smallest absolute Gasteiger partial charge is 0.340 e. The number of carbonyl (C=O) groups excluding carboxylic acids is 2. The first-order valence-electron chi connectivity index (χ1n) is 8.38. The lowest BCUT2D eigenvalue weighted by molar-refractivity contribution is -0.384. The molecule has 1 fully saturated rings. The first-order valence-corrected chi connectivity index (χ1v) is 9.26. The van der Waals surface area contributed by atoms with Crippen LogP contribution in [-0.2, 0) is 9.53 Å².